The lowest BCUT2D eigenvalue weighted by atomic mass is 9.93. The van der Waals surface area contributed by atoms with Crippen LogP contribution in [0.4, 0.5) is 0 Å². The van der Waals surface area contributed by atoms with Gasteiger partial charge in [0.05, 0.1) is 5.54 Å². The molecule has 1 aromatic heterocycles. The van der Waals surface area contributed by atoms with Crippen molar-refractivity contribution in [2.45, 2.75) is 39.3 Å². The highest BCUT2D eigenvalue weighted by Gasteiger charge is 2.26. The molecule has 5 nitrogen and oxygen atoms in total. The van der Waals surface area contributed by atoms with Gasteiger partial charge in [0.1, 0.15) is 5.56 Å². The van der Waals surface area contributed by atoms with E-state index in [0.29, 0.717) is 5.56 Å². The van der Waals surface area contributed by atoms with E-state index in [1.54, 1.807) is 17.7 Å². The molecule has 0 aliphatic heterocycles. The van der Waals surface area contributed by atoms with Crippen molar-refractivity contribution in [1.82, 2.24) is 14.8 Å². The molecule has 140 valence electrons. The van der Waals surface area contributed by atoms with E-state index in [1.807, 2.05) is 76.2 Å². The average molecular weight is 355 g/mol. The monoisotopic (exact) mass is 355 g/mol. The number of nitrogens with zero attached hydrogens (tertiary/aromatic N) is 2. The predicted molar refractivity (Wildman–Crippen MR) is 106 cm³/mol. The van der Waals surface area contributed by atoms with Crippen molar-refractivity contribution in [3.05, 3.63) is 69.6 Å². The lowest BCUT2D eigenvalue weighted by Gasteiger charge is -2.27. The third-order valence-electron chi connectivity index (χ3n) is 4.58. The Morgan fingerprint density at radius 1 is 1.19 bits per heavy atom. The summed E-state index contributed by atoms with van der Waals surface area (Å²) in [7, 11) is 3.93. The van der Waals surface area contributed by atoms with E-state index in [9.17, 15) is 9.59 Å². The van der Waals surface area contributed by atoms with E-state index in [0.717, 1.165) is 12.1 Å². The van der Waals surface area contributed by atoms with Crippen molar-refractivity contribution in [2.75, 3.05) is 20.6 Å². The molecule has 1 N–H and O–H groups in total. The van der Waals surface area contributed by atoms with Crippen molar-refractivity contribution in [2.24, 2.45) is 0 Å². The molecule has 0 spiro atoms. The molecular formula is C21H29N3O2. The summed E-state index contributed by atoms with van der Waals surface area (Å²) in [5.41, 5.74) is 1.06. The van der Waals surface area contributed by atoms with Crippen molar-refractivity contribution in [3.8, 4) is 0 Å². The molecule has 2 rings (SSSR count). The van der Waals surface area contributed by atoms with Crippen LogP contribution in [0.25, 0.3) is 0 Å². The highest BCUT2D eigenvalue weighted by molar-refractivity contribution is 5.95. The summed E-state index contributed by atoms with van der Waals surface area (Å²) in [6.07, 6.45) is 1.77. The van der Waals surface area contributed by atoms with Crippen LogP contribution in [0.3, 0.4) is 0 Å². The smallest absolute Gasteiger partial charge is 0.263 e. The SMILES string of the molecule is Cc1ccn(C(C)CN(C)C)c(=O)c1C(=O)NC(C)(C)c1ccccc1. The van der Waals surface area contributed by atoms with Crippen LogP contribution in [0, 0.1) is 6.92 Å². The number of benzene rings is 1. The first kappa shape index (κ1) is 19.9. The second-order valence-electron chi connectivity index (χ2n) is 7.64. The minimum absolute atomic E-state index is 0.0215. The van der Waals surface area contributed by atoms with Gasteiger partial charge in [0.25, 0.3) is 11.5 Å². The lowest BCUT2D eigenvalue weighted by molar-refractivity contribution is 0.0909. The van der Waals surface area contributed by atoms with Gasteiger partial charge in [0.15, 0.2) is 0 Å². The predicted octanol–water partition coefficient (Wildman–Crippen LogP) is 2.94. The molecule has 1 unspecified atom stereocenters. The molecule has 1 aromatic carbocycles. The second kappa shape index (κ2) is 7.87. The number of carbonyl (C=O) groups is 1. The molecule has 0 saturated heterocycles. The standard InChI is InChI=1S/C21H29N3O2/c1-15-12-13-24(16(2)14-23(5)6)20(26)18(15)19(25)22-21(3,4)17-10-8-7-9-11-17/h7-13,16H,14H2,1-6H3,(H,22,25). The first-order valence-electron chi connectivity index (χ1n) is 8.88. The average Bonchev–Trinajstić information content (AvgIpc) is 2.54. The fourth-order valence-electron chi connectivity index (χ4n) is 3.15. The van der Waals surface area contributed by atoms with Gasteiger partial charge in [-0.3, -0.25) is 9.59 Å². The lowest BCUT2D eigenvalue weighted by Crippen LogP contribution is -2.44. The van der Waals surface area contributed by atoms with Crippen LogP contribution in [0.5, 0.6) is 0 Å². The van der Waals surface area contributed by atoms with Crippen LogP contribution in [0.1, 0.15) is 48.3 Å². The number of amides is 1. The molecule has 1 amide bonds. The number of hydrogen-bond donors (Lipinski definition) is 1. The highest BCUT2D eigenvalue weighted by Crippen LogP contribution is 2.20. The maximum Gasteiger partial charge on any atom is 0.263 e. The summed E-state index contributed by atoms with van der Waals surface area (Å²) in [6, 6.07) is 11.6. The second-order valence-corrected chi connectivity index (χ2v) is 7.64. The fraction of sp³-hybridized carbons (Fsp3) is 0.429. The van der Waals surface area contributed by atoms with Crippen molar-refractivity contribution in [1.29, 1.82) is 0 Å². The first-order chi connectivity index (χ1) is 12.1. The van der Waals surface area contributed by atoms with Gasteiger partial charge < -0.3 is 14.8 Å². The zero-order valence-electron chi connectivity index (χ0n) is 16.5. The van der Waals surface area contributed by atoms with Crippen molar-refractivity contribution in [3.63, 3.8) is 0 Å². The normalized spacial score (nSPS) is 12.9. The molecule has 0 bridgehead atoms. The maximum absolute atomic E-state index is 13.0. The van der Waals surface area contributed by atoms with Crippen LogP contribution < -0.4 is 10.9 Å². The first-order valence-corrected chi connectivity index (χ1v) is 8.88. The van der Waals surface area contributed by atoms with E-state index < -0.39 is 5.54 Å². The maximum atomic E-state index is 13.0. The Bertz CT molecular complexity index is 823. The van der Waals surface area contributed by atoms with E-state index in [4.69, 9.17) is 0 Å². The van der Waals surface area contributed by atoms with Crippen LogP contribution in [0.15, 0.2) is 47.4 Å². The largest absolute Gasteiger partial charge is 0.343 e. The van der Waals surface area contributed by atoms with E-state index in [-0.39, 0.29) is 23.1 Å². The summed E-state index contributed by atoms with van der Waals surface area (Å²) < 4.78 is 1.64. The molecule has 0 saturated carbocycles. The topological polar surface area (TPSA) is 54.3 Å². The van der Waals surface area contributed by atoms with E-state index in [1.165, 1.54) is 0 Å². The minimum Gasteiger partial charge on any atom is -0.343 e. The Morgan fingerprint density at radius 3 is 2.38 bits per heavy atom. The Kier molecular flexibility index (Phi) is 6.03. The third kappa shape index (κ3) is 4.41. The van der Waals surface area contributed by atoms with Gasteiger partial charge in [0.2, 0.25) is 0 Å². The van der Waals surface area contributed by atoms with Gasteiger partial charge in [-0.15, -0.1) is 0 Å². The fourth-order valence-corrected chi connectivity index (χ4v) is 3.15. The summed E-state index contributed by atoms with van der Waals surface area (Å²) in [6.45, 7) is 8.37. The molecule has 2 aromatic rings. The Morgan fingerprint density at radius 2 is 1.81 bits per heavy atom. The van der Waals surface area contributed by atoms with Gasteiger partial charge in [-0.1, -0.05) is 30.3 Å². The van der Waals surface area contributed by atoms with Gasteiger partial charge in [0, 0.05) is 18.8 Å². The van der Waals surface area contributed by atoms with Crippen LogP contribution in [0.2, 0.25) is 0 Å². The number of hydrogen-bond acceptors (Lipinski definition) is 3. The molecule has 1 heterocycles. The molecule has 5 heteroatoms. The van der Waals surface area contributed by atoms with Crippen LogP contribution in [-0.4, -0.2) is 36.0 Å². The van der Waals surface area contributed by atoms with Crippen LogP contribution >= 0.6 is 0 Å². The molecule has 0 fully saturated rings. The van der Waals surface area contributed by atoms with Crippen molar-refractivity contribution >= 4 is 5.91 Å². The number of rotatable bonds is 6. The van der Waals surface area contributed by atoms with E-state index >= 15 is 0 Å². The number of aryl methyl sites for hydroxylation is 1. The highest BCUT2D eigenvalue weighted by atomic mass is 16.2. The van der Waals surface area contributed by atoms with Gasteiger partial charge in [-0.25, -0.2) is 0 Å². The molecular weight excluding hydrogens is 326 g/mol. The molecule has 26 heavy (non-hydrogen) atoms. The minimum atomic E-state index is -0.576. The van der Waals surface area contributed by atoms with E-state index in [2.05, 4.69) is 5.32 Å². The molecule has 0 radical (unpaired) electrons. The number of carbonyl (C=O) groups excluding carboxylic acids is 1. The van der Waals surface area contributed by atoms with Gasteiger partial charge in [-0.2, -0.15) is 0 Å². The summed E-state index contributed by atoms with van der Waals surface area (Å²) in [5, 5.41) is 3.01. The molecule has 1 atom stereocenters. The molecule has 0 aliphatic carbocycles. The number of pyridine rings is 1. The molecule has 0 aliphatic rings. The summed E-state index contributed by atoms with van der Waals surface area (Å²) >= 11 is 0. The van der Waals surface area contributed by atoms with Gasteiger partial charge >= 0.3 is 0 Å². The Balaban J connectivity index is 2.36. The Hall–Kier alpha value is -2.40. The zero-order chi connectivity index (χ0) is 19.5. The summed E-state index contributed by atoms with van der Waals surface area (Å²) in [4.78, 5) is 27.9. The zero-order valence-corrected chi connectivity index (χ0v) is 16.5. The Labute approximate surface area is 155 Å². The van der Waals surface area contributed by atoms with Gasteiger partial charge in [-0.05, 0) is 59.0 Å². The number of nitrogens with one attached hydrogen (secondary N) is 1. The van der Waals surface area contributed by atoms with Crippen LogP contribution in [-0.2, 0) is 5.54 Å². The summed E-state index contributed by atoms with van der Waals surface area (Å²) in [5.74, 6) is -0.340. The van der Waals surface area contributed by atoms with Crippen molar-refractivity contribution < 1.29 is 4.79 Å². The quantitative estimate of drug-likeness (QED) is 0.867. The number of likely N-dealkylation sites (N-methyl/N-ethyl adjacent to an activating group) is 1. The number of aromatic nitrogens is 1. The third-order valence-corrected chi connectivity index (χ3v) is 4.58.